The molecule has 0 amide bonds. The van der Waals surface area contributed by atoms with Gasteiger partial charge in [-0.1, -0.05) is 24.3 Å². The Morgan fingerprint density at radius 3 is 2.44 bits per heavy atom. The number of nitrogens with zero attached hydrogens (tertiary/aromatic N) is 1. The molecule has 0 fully saturated rings. The van der Waals surface area contributed by atoms with Crippen molar-refractivity contribution in [3.05, 3.63) is 54.1 Å². The molecule has 18 heavy (non-hydrogen) atoms. The van der Waals surface area contributed by atoms with E-state index >= 15 is 0 Å². The molecule has 0 aliphatic rings. The molecule has 92 valence electrons. The van der Waals surface area contributed by atoms with Gasteiger partial charge >= 0.3 is 0 Å². The maximum absolute atomic E-state index is 11.0. The Balaban J connectivity index is 2.33. The summed E-state index contributed by atoms with van der Waals surface area (Å²) in [5.41, 5.74) is 1.14. The Morgan fingerprint density at radius 1 is 1.06 bits per heavy atom. The van der Waals surface area contributed by atoms with E-state index in [1.165, 1.54) is 12.3 Å². The summed E-state index contributed by atoms with van der Waals surface area (Å²) >= 11 is -2.21. The van der Waals surface area contributed by atoms with Gasteiger partial charge in [-0.05, 0) is 24.3 Å². The van der Waals surface area contributed by atoms with Crippen LogP contribution in [0.5, 0.6) is 5.75 Å². The van der Waals surface area contributed by atoms with Crippen LogP contribution in [-0.2, 0) is 11.1 Å². The molecule has 2 aromatic rings. The molecule has 1 atom stereocenters. The molecule has 0 aliphatic carbocycles. The Morgan fingerprint density at radius 2 is 1.78 bits per heavy atom. The molecule has 0 aliphatic heterocycles. The van der Waals surface area contributed by atoms with Gasteiger partial charge in [-0.15, -0.1) is 0 Å². The predicted molar refractivity (Wildman–Crippen MR) is 70.8 cm³/mol. The summed E-state index contributed by atoms with van der Waals surface area (Å²) in [4.78, 5) is 4.15. The van der Waals surface area contributed by atoms with E-state index < -0.39 is 11.1 Å². The largest absolute Gasteiger partial charge is 0.506 e. The van der Waals surface area contributed by atoms with Crippen molar-refractivity contribution >= 4 is 23.0 Å². The highest BCUT2D eigenvalue weighted by molar-refractivity contribution is 7.79. The van der Waals surface area contributed by atoms with Crippen LogP contribution in [0.4, 0.5) is 5.69 Å². The van der Waals surface area contributed by atoms with E-state index in [-0.39, 0.29) is 10.6 Å². The van der Waals surface area contributed by atoms with Crippen molar-refractivity contribution in [2.24, 2.45) is 4.99 Å². The summed E-state index contributed by atoms with van der Waals surface area (Å²) in [5, 5.41) is 9.79. The SMILES string of the molecule is O=S(O)c1cccc(C=Nc2ccccc2)c1O. The molecular weight excluding hydrogens is 250 g/mol. The van der Waals surface area contributed by atoms with Crippen molar-refractivity contribution in [3.63, 3.8) is 0 Å². The lowest BCUT2D eigenvalue weighted by Gasteiger charge is -2.02. The molecule has 0 aromatic heterocycles. The number of benzene rings is 2. The molecule has 2 N–H and O–H groups in total. The summed E-state index contributed by atoms with van der Waals surface area (Å²) in [6.45, 7) is 0. The molecule has 4 nitrogen and oxygen atoms in total. The average Bonchev–Trinajstić information content (AvgIpc) is 2.38. The minimum Gasteiger partial charge on any atom is -0.506 e. The monoisotopic (exact) mass is 261 g/mol. The first kappa shape index (κ1) is 12.5. The van der Waals surface area contributed by atoms with Gasteiger partial charge in [0.15, 0.2) is 11.1 Å². The first-order valence-electron chi connectivity index (χ1n) is 5.20. The van der Waals surface area contributed by atoms with Crippen molar-refractivity contribution in [2.75, 3.05) is 0 Å². The second-order valence-corrected chi connectivity index (χ2v) is 4.48. The number of aromatic hydroxyl groups is 1. The third-order valence-electron chi connectivity index (χ3n) is 2.33. The molecule has 1 unspecified atom stereocenters. The first-order valence-corrected chi connectivity index (χ1v) is 6.31. The van der Waals surface area contributed by atoms with Gasteiger partial charge in [-0.25, -0.2) is 4.21 Å². The molecule has 0 saturated carbocycles. The third-order valence-corrected chi connectivity index (χ3v) is 3.03. The molecule has 0 bridgehead atoms. The Kier molecular flexibility index (Phi) is 3.86. The molecule has 0 radical (unpaired) electrons. The van der Waals surface area contributed by atoms with Crippen molar-refractivity contribution in [3.8, 4) is 5.75 Å². The molecule has 5 heteroatoms. The van der Waals surface area contributed by atoms with Crippen LogP contribution < -0.4 is 0 Å². The number of para-hydroxylation sites is 2. The number of aliphatic imine (C=N–C) groups is 1. The standard InChI is InChI=1S/C13H11NO3S/c15-13-10(5-4-8-12(13)18(16)17)9-14-11-6-2-1-3-7-11/h1-9,15H,(H,16,17). The highest BCUT2D eigenvalue weighted by atomic mass is 32.2. The van der Waals surface area contributed by atoms with Gasteiger partial charge in [0.2, 0.25) is 0 Å². The predicted octanol–water partition coefficient (Wildman–Crippen LogP) is 2.72. The fourth-order valence-corrected chi connectivity index (χ4v) is 1.92. The van der Waals surface area contributed by atoms with Gasteiger partial charge in [0.05, 0.1) is 5.69 Å². The Bertz CT molecular complexity index is 596. The van der Waals surface area contributed by atoms with Crippen molar-refractivity contribution in [2.45, 2.75) is 4.90 Å². The number of phenols is 1. The van der Waals surface area contributed by atoms with Gasteiger partial charge in [-0.2, -0.15) is 0 Å². The van der Waals surface area contributed by atoms with E-state index in [9.17, 15) is 9.32 Å². The lowest BCUT2D eigenvalue weighted by molar-refractivity contribution is 0.456. The number of phenolic OH excluding ortho intramolecular Hbond substituents is 1. The van der Waals surface area contributed by atoms with E-state index in [4.69, 9.17) is 4.55 Å². The Hall–Kier alpha value is -1.98. The summed E-state index contributed by atoms with van der Waals surface area (Å²) in [6.07, 6.45) is 1.46. The van der Waals surface area contributed by atoms with Gasteiger partial charge in [0.25, 0.3) is 0 Å². The summed E-state index contributed by atoms with van der Waals surface area (Å²) in [7, 11) is 0. The van der Waals surface area contributed by atoms with Gasteiger partial charge in [0.1, 0.15) is 10.6 Å². The average molecular weight is 261 g/mol. The summed E-state index contributed by atoms with van der Waals surface area (Å²) < 4.78 is 19.9. The topological polar surface area (TPSA) is 69.9 Å². The quantitative estimate of drug-likeness (QED) is 0.659. The first-order chi connectivity index (χ1) is 8.68. The zero-order valence-electron chi connectivity index (χ0n) is 9.35. The van der Waals surface area contributed by atoms with Gasteiger partial charge < -0.3 is 9.66 Å². The van der Waals surface area contributed by atoms with Crippen molar-refractivity contribution in [1.29, 1.82) is 0 Å². The normalized spacial score (nSPS) is 12.7. The van der Waals surface area contributed by atoms with E-state index in [1.807, 2.05) is 30.3 Å². The fourth-order valence-electron chi connectivity index (χ4n) is 1.44. The van der Waals surface area contributed by atoms with Crippen LogP contribution in [0.3, 0.4) is 0 Å². The second-order valence-electron chi connectivity index (χ2n) is 3.54. The van der Waals surface area contributed by atoms with Crippen molar-refractivity contribution < 1.29 is 13.9 Å². The van der Waals surface area contributed by atoms with Crippen LogP contribution in [0.2, 0.25) is 0 Å². The van der Waals surface area contributed by atoms with E-state index in [0.29, 0.717) is 5.56 Å². The smallest absolute Gasteiger partial charge is 0.190 e. The molecule has 0 saturated heterocycles. The lowest BCUT2D eigenvalue weighted by atomic mass is 10.2. The Labute approximate surface area is 107 Å². The van der Waals surface area contributed by atoms with Gasteiger partial charge in [-0.3, -0.25) is 4.99 Å². The number of rotatable bonds is 3. The molecular formula is C13H11NO3S. The number of hydrogen-bond donors (Lipinski definition) is 2. The second kappa shape index (κ2) is 5.57. The van der Waals surface area contributed by atoms with Crippen LogP contribution in [0.25, 0.3) is 0 Å². The summed E-state index contributed by atoms with van der Waals surface area (Å²) in [5.74, 6) is -0.224. The van der Waals surface area contributed by atoms with E-state index in [1.54, 1.807) is 12.1 Å². The maximum atomic E-state index is 11.0. The third kappa shape index (κ3) is 2.82. The number of hydrogen-bond acceptors (Lipinski definition) is 3. The zero-order chi connectivity index (χ0) is 13.0. The molecule has 0 spiro atoms. The van der Waals surface area contributed by atoms with Crippen LogP contribution in [0, 0.1) is 0 Å². The van der Waals surface area contributed by atoms with Crippen LogP contribution in [0.1, 0.15) is 5.56 Å². The highest BCUT2D eigenvalue weighted by Crippen LogP contribution is 2.24. The molecule has 2 rings (SSSR count). The fraction of sp³-hybridized carbons (Fsp3) is 0. The zero-order valence-corrected chi connectivity index (χ0v) is 10.2. The highest BCUT2D eigenvalue weighted by Gasteiger charge is 2.09. The lowest BCUT2D eigenvalue weighted by Crippen LogP contribution is -1.92. The van der Waals surface area contributed by atoms with Crippen molar-refractivity contribution in [1.82, 2.24) is 0 Å². The van der Waals surface area contributed by atoms with Gasteiger partial charge in [0, 0.05) is 11.8 Å². The minimum absolute atomic E-state index is 0.0213. The molecule has 0 heterocycles. The van der Waals surface area contributed by atoms with Crippen LogP contribution in [0.15, 0.2) is 58.4 Å². The van der Waals surface area contributed by atoms with Crippen LogP contribution in [-0.4, -0.2) is 20.1 Å². The van der Waals surface area contributed by atoms with Crippen LogP contribution >= 0.6 is 0 Å². The maximum Gasteiger partial charge on any atom is 0.190 e. The molecule has 2 aromatic carbocycles. The minimum atomic E-state index is -2.21. The van der Waals surface area contributed by atoms with E-state index in [2.05, 4.69) is 4.99 Å². The summed E-state index contributed by atoms with van der Waals surface area (Å²) in [6, 6.07) is 13.8. The van der Waals surface area contributed by atoms with E-state index in [0.717, 1.165) is 5.69 Å².